The van der Waals surface area contributed by atoms with Crippen molar-refractivity contribution in [3.05, 3.63) is 24.3 Å². The van der Waals surface area contributed by atoms with E-state index in [1.54, 1.807) is 0 Å². The maximum atomic E-state index is 12.5. The van der Waals surface area contributed by atoms with Crippen molar-refractivity contribution in [1.82, 2.24) is 5.32 Å². The third-order valence-electron chi connectivity index (χ3n) is 13.0. The highest BCUT2D eigenvalue weighted by molar-refractivity contribution is 5.76. The van der Waals surface area contributed by atoms with Gasteiger partial charge < -0.3 is 20.3 Å². The zero-order chi connectivity index (χ0) is 45.8. The van der Waals surface area contributed by atoms with Crippen LogP contribution in [0.4, 0.5) is 0 Å². The van der Waals surface area contributed by atoms with Gasteiger partial charge in [0.25, 0.3) is 0 Å². The first-order valence-corrected chi connectivity index (χ1v) is 28.1. The number of amides is 1. The lowest BCUT2D eigenvalue weighted by Gasteiger charge is -2.22. The molecule has 0 aliphatic heterocycles. The Hall–Kier alpha value is -1.66. The minimum atomic E-state index is -0.681. The molecule has 0 heterocycles. The molecule has 63 heavy (non-hydrogen) atoms. The molecule has 0 rings (SSSR count). The molecule has 0 aromatic heterocycles. The Balaban J connectivity index is 3.48. The van der Waals surface area contributed by atoms with Crippen molar-refractivity contribution < 1.29 is 24.5 Å². The average Bonchev–Trinajstić information content (AvgIpc) is 3.28. The highest BCUT2D eigenvalue weighted by Crippen LogP contribution is 2.17. The molecule has 0 spiro atoms. The Morgan fingerprint density at radius 3 is 1.25 bits per heavy atom. The molecule has 2 unspecified atom stereocenters. The van der Waals surface area contributed by atoms with Crippen LogP contribution in [0.25, 0.3) is 0 Å². The zero-order valence-corrected chi connectivity index (χ0v) is 42.3. The highest BCUT2D eigenvalue weighted by atomic mass is 16.5. The quantitative estimate of drug-likeness (QED) is 0.0321. The molecule has 0 radical (unpaired) electrons. The number of hydrogen-bond acceptors (Lipinski definition) is 5. The van der Waals surface area contributed by atoms with Gasteiger partial charge in [-0.25, -0.2) is 0 Å². The zero-order valence-electron chi connectivity index (χ0n) is 42.3. The monoisotopic (exact) mass is 888 g/mol. The number of carbonyl (C=O) groups excluding carboxylic acids is 2. The van der Waals surface area contributed by atoms with E-state index in [0.717, 1.165) is 70.6 Å². The number of esters is 1. The third kappa shape index (κ3) is 49.6. The van der Waals surface area contributed by atoms with Crippen LogP contribution in [0.5, 0.6) is 0 Å². The van der Waals surface area contributed by atoms with Gasteiger partial charge in [-0.1, -0.05) is 263 Å². The van der Waals surface area contributed by atoms with E-state index in [0.29, 0.717) is 25.9 Å². The van der Waals surface area contributed by atoms with Crippen LogP contribution in [0, 0.1) is 0 Å². The molecule has 0 fully saturated rings. The SMILES string of the molecule is CCCC/C=C\C/C=C\CCCCCCCC(=O)OCCCCCCCCCCCCC(=O)NC(CO)C(O)CCCCCCCCCCCCCCCCCCCCCCCC. The number of nitrogens with one attached hydrogen (secondary N) is 1. The van der Waals surface area contributed by atoms with Gasteiger partial charge in [0, 0.05) is 12.8 Å². The lowest BCUT2D eigenvalue weighted by atomic mass is 10.0. The van der Waals surface area contributed by atoms with E-state index >= 15 is 0 Å². The fraction of sp³-hybridized carbons (Fsp3) is 0.895. The summed E-state index contributed by atoms with van der Waals surface area (Å²) in [5.41, 5.74) is 0. The second-order valence-corrected chi connectivity index (χ2v) is 19.3. The van der Waals surface area contributed by atoms with Gasteiger partial charge in [-0.2, -0.15) is 0 Å². The maximum Gasteiger partial charge on any atom is 0.305 e. The molecule has 372 valence electrons. The first-order valence-electron chi connectivity index (χ1n) is 28.1. The summed E-state index contributed by atoms with van der Waals surface area (Å²) in [6, 6.07) is -0.560. The third-order valence-corrected chi connectivity index (χ3v) is 13.0. The summed E-state index contributed by atoms with van der Waals surface area (Å²) in [6.45, 7) is 4.87. The lowest BCUT2D eigenvalue weighted by Crippen LogP contribution is -2.45. The molecule has 0 saturated heterocycles. The second kappa shape index (κ2) is 53.0. The summed E-state index contributed by atoms with van der Waals surface area (Å²) in [6.07, 6.45) is 63.0. The number of unbranched alkanes of at least 4 members (excludes halogenated alkanes) is 37. The lowest BCUT2D eigenvalue weighted by molar-refractivity contribution is -0.143. The fourth-order valence-electron chi connectivity index (χ4n) is 8.66. The van der Waals surface area contributed by atoms with Gasteiger partial charge in [0.05, 0.1) is 25.4 Å². The van der Waals surface area contributed by atoms with E-state index in [1.807, 2.05) is 0 Å². The van der Waals surface area contributed by atoms with Crippen LogP contribution in [0.15, 0.2) is 24.3 Å². The van der Waals surface area contributed by atoms with Gasteiger partial charge in [-0.05, 0) is 51.4 Å². The summed E-state index contributed by atoms with van der Waals surface area (Å²) in [7, 11) is 0. The van der Waals surface area contributed by atoms with E-state index < -0.39 is 12.1 Å². The van der Waals surface area contributed by atoms with Crippen molar-refractivity contribution in [2.24, 2.45) is 0 Å². The minimum Gasteiger partial charge on any atom is -0.466 e. The molecule has 6 heteroatoms. The average molecular weight is 889 g/mol. The van der Waals surface area contributed by atoms with E-state index in [1.165, 1.54) is 199 Å². The molecule has 1 amide bonds. The first-order chi connectivity index (χ1) is 31.0. The molecular formula is C57H109NO5. The summed E-state index contributed by atoms with van der Waals surface area (Å²) in [5, 5.41) is 23.3. The van der Waals surface area contributed by atoms with Crippen LogP contribution in [-0.4, -0.2) is 47.4 Å². The van der Waals surface area contributed by atoms with E-state index in [9.17, 15) is 19.8 Å². The first kappa shape index (κ1) is 61.3. The van der Waals surface area contributed by atoms with E-state index in [4.69, 9.17) is 4.74 Å². The Labute approximate surface area is 392 Å². The molecule has 0 aromatic rings. The largest absolute Gasteiger partial charge is 0.466 e. The molecular weight excluding hydrogens is 779 g/mol. The van der Waals surface area contributed by atoms with Crippen LogP contribution in [0.1, 0.15) is 303 Å². The molecule has 3 N–H and O–H groups in total. The van der Waals surface area contributed by atoms with Crippen molar-refractivity contribution in [3.63, 3.8) is 0 Å². The van der Waals surface area contributed by atoms with Crippen LogP contribution >= 0.6 is 0 Å². The number of carbonyl (C=O) groups is 2. The number of hydrogen-bond donors (Lipinski definition) is 3. The number of ether oxygens (including phenoxy) is 1. The Kier molecular flexibility index (Phi) is 51.6. The number of aliphatic hydroxyl groups excluding tert-OH is 2. The molecule has 0 saturated carbocycles. The predicted octanol–water partition coefficient (Wildman–Crippen LogP) is 17.1. The van der Waals surface area contributed by atoms with Crippen molar-refractivity contribution in [3.8, 4) is 0 Å². The normalized spacial score (nSPS) is 12.8. The Morgan fingerprint density at radius 1 is 0.444 bits per heavy atom. The maximum absolute atomic E-state index is 12.5. The van der Waals surface area contributed by atoms with Crippen molar-refractivity contribution in [2.75, 3.05) is 13.2 Å². The second-order valence-electron chi connectivity index (χ2n) is 19.3. The van der Waals surface area contributed by atoms with Gasteiger partial charge in [0.1, 0.15) is 0 Å². The van der Waals surface area contributed by atoms with Crippen molar-refractivity contribution >= 4 is 11.9 Å². The molecule has 0 aliphatic rings. The Morgan fingerprint density at radius 2 is 0.810 bits per heavy atom. The summed E-state index contributed by atoms with van der Waals surface area (Å²) >= 11 is 0. The van der Waals surface area contributed by atoms with Gasteiger partial charge in [0.15, 0.2) is 0 Å². The number of allylic oxidation sites excluding steroid dienone is 4. The summed E-state index contributed by atoms with van der Waals surface area (Å²) < 4.78 is 5.45. The number of aliphatic hydroxyl groups is 2. The fourth-order valence-corrected chi connectivity index (χ4v) is 8.66. The molecule has 2 atom stereocenters. The Bertz CT molecular complexity index is 982. The standard InChI is InChI=1S/C57H109NO5/c1-3-5-7-9-11-13-15-17-19-20-21-22-23-24-25-26-27-29-33-37-41-45-49-55(60)54(53-59)58-56(61)50-46-42-38-34-31-32-36-40-44-48-52-63-57(62)51-47-43-39-35-30-28-18-16-14-12-10-8-6-4-2/h10,12,16,18,54-55,59-60H,3-9,11,13-15,17,19-53H2,1-2H3,(H,58,61)/b12-10-,18-16-. The van der Waals surface area contributed by atoms with E-state index in [2.05, 4.69) is 43.5 Å². The van der Waals surface area contributed by atoms with Gasteiger partial charge in [-0.3, -0.25) is 9.59 Å². The highest BCUT2D eigenvalue weighted by Gasteiger charge is 2.20. The summed E-state index contributed by atoms with van der Waals surface area (Å²) in [4.78, 5) is 24.5. The van der Waals surface area contributed by atoms with Gasteiger partial charge >= 0.3 is 5.97 Å². The minimum absolute atomic E-state index is 0.0326. The van der Waals surface area contributed by atoms with E-state index in [-0.39, 0.29) is 18.5 Å². The van der Waals surface area contributed by atoms with Gasteiger partial charge in [-0.15, -0.1) is 0 Å². The molecule has 0 aliphatic carbocycles. The molecule has 6 nitrogen and oxygen atoms in total. The summed E-state index contributed by atoms with van der Waals surface area (Å²) in [5.74, 6) is -0.0889. The smallest absolute Gasteiger partial charge is 0.305 e. The van der Waals surface area contributed by atoms with Crippen LogP contribution < -0.4 is 5.32 Å². The topological polar surface area (TPSA) is 95.9 Å². The van der Waals surface area contributed by atoms with Gasteiger partial charge in [0.2, 0.25) is 5.91 Å². The van der Waals surface area contributed by atoms with Crippen LogP contribution in [0.2, 0.25) is 0 Å². The van der Waals surface area contributed by atoms with Crippen molar-refractivity contribution in [1.29, 1.82) is 0 Å². The molecule has 0 aromatic carbocycles. The van der Waals surface area contributed by atoms with Crippen LogP contribution in [0.3, 0.4) is 0 Å². The molecule has 0 bridgehead atoms. The number of rotatable bonds is 52. The van der Waals surface area contributed by atoms with Crippen LogP contribution in [-0.2, 0) is 14.3 Å². The predicted molar refractivity (Wildman–Crippen MR) is 273 cm³/mol. The van der Waals surface area contributed by atoms with Crippen molar-refractivity contribution in [2.45, 2.75) is 315 Å².